The number of nitrogens with one attached hydrogen (secondary N) is 1. The van der Waals surface area contributed by atoms with Gasteiger partial charge in [0.2, 0.25) is 11.8 Å². The van der Waals surface area contributed by atoms with Gasteiger partial charge < -0.3 is 15.0 Å². The lowest BCUT2D eigenvalue weighted by Crippen LogP contribution is -2.48. The molecule has 22 heavy (non-hydrogen) atoms. The van der Waals surface area contributed by atoms with Gasteiger partial charge in [-0.2, -0.15) is 5.10 Å². The Hall–Kier alpha value is -1.89. The molecule has 1 saturated carbocycles. The van der Waals surface area contributed by atoms with E-state index in [1.807, 2.05) is 6.07 Å². The lowest BCUT2D eigenvalue weighted by molar-refractivity contribution is -0.137. The fourth-order valence-corrected chi connectivity index (χ4v) is 2.95. The van der Waals surface area contributed by atoms with Gasteiger partial charge >= 0.3 is 0 Å². The second-order valence-corrected chi connectivity index (χ2v) is 6.10. The predicted molar refractivity (Wildman–Crippen MR) is 78.8 cm³/mol. The standard InChI is InChI=1S/C15H22N4O3/c1-10-7-12(10)15(21)18-8-11-3-4-17-19(11)13(9-18)14(20)16-5-6-22-2/h3-4,10,12-13H,5-9H2,1-2H3,(H,16,20). The van der Waals surface area contributed by atoms with Gasteiger partial charge in [0.15, 0.2) is 0 Å². The zero-order valence-electron chi connectivity index (χ0n) is 13.0. The third-order valence-electron chi connectivity index (χ3n) is 4.44. The van der Waals surface area contributed by atoms with E-state index in [1.165, 1.54) is 0 Å². The highest BCUT2D eigenvalue weighted by Gasteiger charge is 2.43. The van der Waals surface area contributed by atoms with Gasteiger partial charge in [0.05, 0.1) is 25.4 Å². The number of carbonyl (C=O) groups is 2. The Labute approximate surface area is 129 Å². The van der Waals surface area contributed by atoms with Crippen LogP contribution in [-0.4, -0.2) is 53.3 Å². The summed E-state index contributed by atoms with van der Waals surface area (Å²) in [6, 6.07) is 1.40. The van der Waals surface area contributed by atoms with E-state index < -0.39 is 6.04 Å². The Morgan fingerprint density at radius 2 is 2.27 bits per heavy atom. The highest BCUT2D eigenvalue weighted by Crippen LogP contribution is 2.40. The highest BCUT2D eigenvalue weighted by atomic mass is 16.5. The van der Waals surface area contributed by atoms with Gasteiger partial charge in [-0.25, -0.2) is 0 Å². The largest absolute Gasteiger partial charge is 0.383 e. The van der Waals surface area contributed by atoms with Crippen molar-refractivity contribution in [2.45, 2.75) is 25.9 Å². The normalized spacial score (nSPS) is 26.5. The van der Waals surface area contributed by atoms with Crippen molar-refractivity contribution in [2.24, 2.45) is 11.8 Å². The fraction of sp³-hybridized carbons (Fsp3) is 0.667. The van der Waals surface area contributed by atoms with Crippen LogP contribution in [0.1, 0.15) is 25.1 Å². The smallest absolute Gasteiger partial charge is 0.246 e. The molecular weight excluding hydrogens is 284 g/mol. The van der Waals surface area contributed by atoms with E-state index in [-0.39, 0.29) is 17.7 Å². The van der Waals surface area contributed by atoms with Crippen LogP contribution in [0.15, 0.2) is 12.3 Å². The first kappa shape index (κ1) is 15.0. The summed E-state index contributed by atoms with van der Waals surface area (Å²) in [6.07, 6.45) is 2.64. The third kappa shape index (κ3) is 2.85. The molecule has 2 heterocycles. The molecule has 1 aliphatic heterocycles. The van der Waals surface area contributed by atoms with Gasteiger partial charge in [0, 0.05) is 25.8 Å². The van der Waals surface area contributed by atoms with E-state index in [0.29, 0.717) is 32.2 Å². The molecule has 1 aromatic rings. The number of fused-ring (bicyclic) bond motifs is 1. The number of ether oxygens (including phenoxy) is 1. The van der Waals surface area contributed by atoms with Gasteiger partial charge in [-0.1, -0.05) is 6.92 Å². The van der Waals surface area contributed by atoms with Crippen LogP contribution in [0.4, 0.5) is 0 Å². The average molecular weight is 306 g/mol. The molecular formula is C15H22N4O3. The van der Waals surface area contributed by atoms with Crippen molar-refractivity contribution < 1.29 is 14.3 Å². The van der Waals surface area contributed by atoms with Crippen molar-refractivity contribution in [2.75, 3.05) is 26.8 Å². The molecule has 2 amide bonds. The fourth-order valence-electron chi connectivity index (χ4n) is 2.95. The SMILES string of the molecule is COCCNC(=O)C1CN(C(=O)C2CC2C)Cc2ccnn21. The molecule has 1 aromatic heterocycles. The monoisotopic (exact) mass is 306 g/mol. The van der Waals surface area contributed by atoms with Crippen molar-refractivity contribution >= 4 is 11.8 Å². The lowest BCUT2D eigenvalue weighted by Gasteiger charge is -2.33. The molecule has 3 atom stereocenters. The maximum absolute atomic E-state index is 12.5. The summed E-state index contributed by atoms with van der Waals surface area (Å²) in [5.41, 5.74) is 0.903. The summed E-state index contributed by atoms with van der Waals surface area (Å²) in [7, 11) is 1.59. The average Bonchev–Trinajstić information content (AvgIpc) is 3.05. The maximum atomic E-state index is 12.5. The second kappa shape index (κ2) is 6.08. The molecule has 0 saturated heterocycles. The predicted octanol–water partition coefficient (Wildman–Crippen LogP) is 0.185. The summed E-state index contributed by atoms with van der Waals surface area (Å²) in [5, 5.41) is 7.08. The van der Waals surface area contributed by atoms with Crippen molar-refractivity contribution in [3.63, 3.8) is 0 Å². The number of nitrogens with zero attached hydrogens (tertiary/aromatic N) is 3. The molecule has 7 nitrogen and oxygen atoms in total. The van der Waals surface area contributed by atoms with Crippen LogP contribution in [-0.2, 0) is 20.9 Å². The van der Waals surface area contributed by atoms with Gasteiger partial charge in [-0.3, -0.25) is 14.3 Å². The van der Waals surface area contributed by atoms with E-state index in [4.69, 9.17) is 4.74 Å². The molecule has 1 fully saturated rings. The zero-order valence-corrected chi connectivity index (χ0v) is 13.0. The van der Waals surface area contributed by atoms with Crippen LogP contribution in [0.2, 0.25) is 0 Å². The summed E-state index contributed by atoms with van der Waals surface area (Å²) in [4.78, 5) is 26.7. The number of amides is 2. The topological polar surface area (TPSA) is 76.5 Å². The molecule has 0 aromatic carbocycles. The van der Waals surface area contributed by atoms with Crippen LogP contribution in [0.5, 0.6) is 0 Å². The molecule has 0 spiro atoms. The van der Waals surface area contributed by atoms with Gasteiger partial charge in [0.1, 0.15) is 6.04 Å². The summed E-state index contributed by atoms with van der Waals surface area (Å²) < 4.78 is 6.67. The van der Waals surface area contributed by atoms with Crippen LogP contribution in [0.3, 0.4) is 0 Å². The van der Waals surface area contributed by atoms with Crippen molar-refractivity contribution in [3.8, 4) is 0 Å². The van der Waals surface area contributed by atoms with Gasteiger partial charge in [-0.05, 0) is 18.4 Å². The zero-order chi connectivity index (χ0) is 15.7. The molecule has 1 aliphatic carbocycles. The van der Waals surface area contributed by atoms with Crippen molar-refractivity contribution in [1.29, 1.82) is 0 Å². The third-order valence-corrected chi connectivity index (χ3v) is 4.44. The van der Waals surface area contributed by atoms with Crippen LogP contribution in [0.25, 0.3) is 0 Å². The molecule has 0 bridgehead atoms. The van der Waals surface area contributed by atoms with Crippen LogP contribution in [0, 0.1) is 11.8 Å². The van der Waals surface area contributed by atoms with E-state index in [2.05, 4.69) is 17.3 Å². The summed E-state index contributed by atoms with van der Waals surface area (Å²) in [5.74, 6) is 0.637. The minimum absolute atomic E-state index is 0.122. The minimum Gasteiger partial charge on any atom is -0.383 e. The molecule has 3 rings (SSSR count). The maximum Gasteiger partial charge on any atom is 0.246 e. The Balaban J connectivity index is 1.72. The van der Waals surface area contributed by atoms with Gasteiger partial charge in [-0.15, -0.1) is 0 Å². The summed E-state index contributed by atoms with van der Waals surface area (Å²) in [6.45, 7) is 3.92. The number of aromatic nitrogens is 2. The van der Waals surface area contributed by atoms with E-state index >= 15 is 0 Å². The van der Waals surface area contributed by atoms with E-state index in [0.717, 1.165) is 12.1 Å². The van der Waals surface area contributed by atoms with Gasteiger partial charge in [0.25, 0.3) is 0 Å². The van der Waals surface area contributed by atoms with Crippen LogP contribution >= 0.6 is 0 Å². The Morgan fingerprint density at radius 1 is 1.50 bits per heavy atom. The molecule has 120 valence electrons. The molecule has 2 aliphatic rings. The molecule has 7 heteroatoms. The first-order valence-electron chi connectivity index (χ1n) is 7.69. The van der Waals surface area contributed by atoms with Crippen LogP contribution < -0.4 is 5.32 Å². The number of carbonyl (C=O) groups excluding carboxylic acids is 2. The number of hydrogen-bond acceptors (Lipinski definition) is 4. The van der Waals surface area contributed by atoms with Crippen molar-refractivity contribution in [1.82, 2.24) is 20.0 Å². The Morgan fingerprint density at radius 3 is 2.95 bits per heavy atom. The summed E-state index contributed by atoms with van der Waals surface area (Å²) >= 11 is 0. The lowest BCUT2D eigenvalue weighted by atomic mass is 10.1. The molecule has 1 N–H and O–H groups in total. The minimum atomic E-state index is -0.464. The van der Waals surface area contributed by atoms with E-state index in [1.54, 1.807) is 22.9 Å². The van der Waals surface area contributed by atoms with E-state index in [9.17, 15) is 9.59 Å². The first-order valence-corrected chi connectivity index (χ1v) is 7.69. The highest BCUT2D eigenvalue weighted by molar-refractivity contribution is 5.84. The quantitative estimate of drug-likeness (QED) is 0.788. The Bertz CT molecular complexity index is 571. The second-order valence-electron chi connectivity index (χ2n) is 6.10. The first-order chi connectivity index (χ1) is 10.6. The molecule has 0 radical (unpaired) electrons. The Kier molecular flexibility index (Phi) is 4.15. The number of hydrogen-bond donors (Lipinski definition) is 1. The number of rotatable bonds is 5. The van der Waals surface area contributed by atoms with Crippen molar-refractivity contribution in [3.05, 3.63) is 18.0 Å². The number of methoxy groups -OCH3 is 1. The molecule has 3 unspecified atom stereocenters.